The maximum Gasteiger partial charge on any atom is 0.243 e. The van der Waals surface area contributed by atoms with Crippen LogP contribution in [0.4, 0.5) is 0 Å². The van der Waals surface area contributed by atoms with E-state index >= 15 is 0 Å². The fraction of sp³-hybridized carbons (Fsp3) is 0.571. The van der Waals surface area contributed by atoms with Crippen molar-refractivity contribution in [2.24, 2.45) is 5.92 Å². The van der Waals surface area contributed by atoms with Crippen molar-refractivity contribution < 1.29 is 13.5 Å². The zero-order valence-electron chi connectivity index (χ0n) is 11.2. The van der Waals surface area contributed by atoms with E-state index in [9.17, 15) is 13.5 Å². The lowest BCUT2D eigenvalue weighted by molar-refractivity contribution is 0.265. The van der Waals surface area contributed by atoms with E-state index < -0.39 is 10.0 Å². The maximum absolute atomic E-state index is 12.6. The largest absolute Gasteiger partial charge is 0.392 e. The number of rotatable bonds is 4. The SMILES string of the molecule is CCC1CCN(S(=O)(=O)c2ccccc2CO)CC1. The van der Waals surface area contributed by atoms with Crippen molar-refractivity contribution in [2.45, 2.75) is 37.7 Å². The van der Waals surface area contributed by atoms with Gasteiger partial charge in [0.15, 0.2) is 0 Å². The third-order valence-electron chi connectivity index (χ3n) is 3.91. The summed E-state index contributed by atoms with van der Waals surface area (Å²) in [4.78, 5) is 0.243. The smallest absolute Gasteiger partial charge is 0.243 e. The molecule has 19 heavy (non-hydrogen) atoms. The highest BCUT2D eigenvalue weighted by Gasteiger charge is 2.30. The quantitative estimate of drug-likeness (QED) is 0.919. The Labute approximate surface area is 115 Å². The molecule has 0 saturated carbocycles. The summed E-state index contributed by atoms with van der Waals surface area (Å²) in [7, 11) is -3.46. The number of benzene rings is 1. The summed E-state index contributed by atoms with van der Waals surface area (Å²) in [6.45, 7) is 3.07. The number of aliphatic hydroxyl groups excluding tert-OH is 1. The van der Waals surface area contributed by atoms with Gasteiger partial charge in [-0.25, -0.2) is 8.42 Å². The molecule has 1 aromatic rings. The van der Waals surface area contributed by atoms with Gasteiger partial charge < -0.3 is 5.11 Å². The van der Waals surface area contributed by atoms with Crippen molar-refractivity contribution in [3.8, 4) is 0 Å². The number of aliphatic hydroxyl groups is 1. The van der Waals surface area contributed by atoms with Crippen LogP contribution in [0.5, 0.6) is 0 Å². The molecule has 2 rings (SSSR count). The minimum absolute atomic E-state index is 0.243. The van der Waals surface area contributed by atoms with E-state index in [1.54, 1.807) is 28.6 Å². The summed E-state index contributed by atoms with van der Waals surface area (Å²) in [6.07, 6.45) is 2.97. The summed E-state index contributed by atoms with van der Waals surface area (Å²) < 4.78 is 26.7. The third-order valence-corrected chi connectivity index (χ3v) is 5.91. The topological polar surface area (TPSA) is 57.6 Å². The molecule has 0 bridgehead atoms. The number of nitrogens with zero attached hydrogens (tertiary/aromatic N) is 1. The van der Waals surface area contributed by atoms with E-state index in [4.69, 9.17) is 0 Å². The van der Waals surface area contributed by atoms with E-state index in [0.717, 1.165) is 19.3 Å². The van der Waals surface area contributed by atoms with Gasteiger partial charge in [-0.2, -0.15) is 4.31 Å². The number of hydrogen-bond donors (Lipinski definition) is 1. The van der Waals surface area contributed by atoms with Crippen molar-refractivity contribution >= 4 is 10.0 Å². The molecular weight excluding hydrogens is 262 g/mol. The molecule has 0 aliphatic carbocycles. The van der Waals surface area contributed by atoms with Crippen molar-refractivity contribution in [3.63, 3.8) is 0 Å². The lowest BCUT2D eigenvalue weighted by Crippen LogP contribution is -2.38. The molecule has 1 aliphatic heterocycles. The third kappa shape index (κ3) is 2.99. The van der Waals surface area contributed by atoms with Crippen LogP contribution in [0.15, 0.2) is 29.2 Å². The molecule has 0 radical (unpaired) electrons. The highest BCUT2D eigenvalue weighted by molar-refractivity contribution is 7.89. The predicted octanol–water partition coefficient (Wildman–Crippen LogP) is 1.99. The Balaban J connectivity index is 2.23. The normalized spacial score (nSPS) is 18.6. The summed E-state index contributed by atoms with van der Waals surface area (Å²) >= 11 is 0. The van der Waals surface area contributed by atoms with Crippen LogP contribution in [0.3, 0.4) is 0 Å². The molecule has 1 heterocycles. The van der Waals surface area contributed by atoms with Crippen LogP contribution in [0.2, 0.25) is 0 Å². The standard InChI is InChI=1S/C14H21NO3S/c1-2-12-7-9-15(10-8-12)19(17,18)14-6-4-3-5-13(14)11-16/h3-6,12,16H,2,7-11H2,1H3. The van der Waals surface area contributed by atoms with E-state index in [-0.39, 0.29) is 11.5 Å². The van der Waals surface area contributed by atoms with Gasteiger partial charge >= 0.3 is 0 Å². The van der Waals surface area contributed by atoms with Crippen LogP contribution in [0, 0.1) is 5.92 Å². The molecule has 0 unspecified atom stereocenters. The van der Waals surface area contributed by atoms with Gasteiger partial charge in [-0.1, -0.05) is 31.5 Å². The van der Waals surface area contributed by atoms with Crippen LogP contribution in [-0.2, 0) is 16.6 Å². The lowest BCUT2D eigenvalue weighted by Gasteiger charge is -2.31. The van der Waals surface area contributed by atoms with Gasteiger partial charge in [-0.05, 0) is 30.4 Å². The summed E-state index contributed by atoms with van der Waals surface area (Å²) in [6, 6.07) is 6.68. The second kappa shape index (κ2) is 6.03. The van der Waals surface area contributed by atoms with E-state index in [1.165, 1.54) is 0 Å². The molecular formula is C14H21NO3S. The molecule has 1 saturated heterocycles. The first-order valence-electron chi connectivity index (χ1n) is 6.78. The van der Waals surface area contributed by atoms with E-state index in [1.807, 2.05) is 0 Å². The van der Waals surface area contributed by atoms with Gasteiger partial charge in [0.2, 0.25) is 10.0 Å². The highest BCUT2D eigenvalue weighted by atomic mass is 32.2. The van der Waals surface area contributed by atoms with Crippen molar-refractivity contribution in [3.05, 3.63) is 29.8 Å². The number of piperidine rings is 1. The first-order chi connectivity index (χ1) is 9.09. The first-order valence-corrected chi connectivity index (χ1v) is 8.22. The Morgan fingerprint density at radius 3 is 2.47 bits per heavy atom. The van der Waals surface area contributed by atoms with Crippen LogP contribution in [0.25, 0.3) is 0 Å². The second-order valence-corrected chi connectivity index (χ2v) is 6.93. The Hall–Kier alpha value is -0.910. The molecule has 0 aromatic heterocycles. The van der Waals surface area contributed by atoms with E-state index in [2.05, 4.69) is 6.92 Å². The van der Waals surface area contributed by atoms with Crippen LogP contribution in [0.1, 0.15) is 31.7 Å². The van der Waals surface area contributed by atoms with Crippen LogP contribution < -0.4 is 0 Å². The average Bonchev–Trinajstić information content (AvgIpc) is 2.47. The number of sulfonamides is 1. The number of hydrogen-bond acceptors (Lipinski definition) is 3. The van der Waals surface area contributed by atoms with Crippen molar-refractivity contribution in [2.75, 3.05) is 13.1 Å². The zero-order chi connectivity index (χ0) is 13.9. The minimum atomic E-state index is -3.46. The highest BCUT2D eigenvalue weighted by Crippen LogP contribution is 2.26. The van der Waals surface area contributed by atoms with Gasteiger partial charge in [-0.3, -0.25) is 0 Å². The molecule has 5 heteroatoms. The molecule has 4 nitrogen and oxygen atoms in total. The Bertz CT molecular complexity index is 519. The summed E-state index contributed by atoms with van der Waals surface area (Å²) in [5, 5.41) is 9.28. The van der Waals surface area contributed by atoms with Gasteiger partial charge in [-0.15, -0.1) is 0 Å². The first kappa shape index (κ1) is 14.5. The summed E-state index contributed by atoms with van der Waals surface area (Å²) in [5.74, 6) is 0.638. The van der Waals surface area contributed by atoms with Crippen molar-refractivity contribution in [1.82, 2.24) is 4.31 Å². The predicted molar refractivity (Wildman–Crippen MR) is 74.1 cm³/mol. The Kier molecular flexibility index (Phi) is 4.60. The lowest BCUT2D eigenvalue weighted by atomic mass is 9.96. The fourth-order valence-electron chi connectivity index (χ4n) is 2.58. The fourth-order valence-corrected chi connectivity index (χ4v) is 4.27. The van der Waals surface area contributed by atoms with E-state index in [0.29, 0.717) is 24.6 Å². The zero-order valence-corrected chi connectivity index (χ0v) is 12.1. The van der Waals surface area contributed by atoms with Gasteiger partial charge in [0.25, 0.3) is 0 Å². The van der Waals surface area contributed by atoms with Crippen molar-refractivity contribution in [1.29, 1.82) is 0 Å². The van der Waals surface area contributed by atoms with Gasteiger partial charge in [0, 0.05) is 13.1 Å². The summed E-state index contributed by atoms with van der Waals surface area (Å²) in [5.41, 5.74) is 0.472. The average molecular weight is 283 g/mol. The minimum Gasteiger partial charge on any atom is -0.392 e. The molecule has 1 fully saturated rings. The van der Waals surface area contributed by atoms with Crippen LogP contribution >= 0.6 is 0 Å². The Morgan fingerprint density at radius 2 is 1.89 bits per heavy atom. The van der Waals surface area contributed by atoms with Gasteiger partial charge in [0.05, 0.1) is 11.5 Å². The van der Waals surface area contributed by atoms with Gasteiger partial charge in [0.1, 0.15) is 0 Å². The second-order valence-electron chi connectivity index (χ2n) is 5.02. The maximum atomic E-state index is 12.6. The molecule has 1 N–H and O–H groups in total. The monoisotopic (exact) mass is 283 g/mol. The molecule has 106 valence electrons. The molecule has 1 aliphatic rings. The molecule has 0 amide bonds. The van der Waals surface area contributed by atoms with Crippen LogP contribution in [-0.4, -0.2) is 30.9 Å². The molecule has 1 aromatic carbocycles. The molecule has 0 spiro atoms. The Morgan fingerprint density at radius 1 is 1.26 bits per heavy atom. The molecule has 0 atom stereocenters.